The van der Waals surface area contributed by atoms with E-state index < -0.39 is 12.1 Å². The Morgan fingerprint density at radius 1 is 1.52 bits per heavy atom. The molecule has 0 amide bonds. The molecule has 1 aromatic heterocycles. The van der Waals surface area contributed by atoms with Gasteiger partial charge in [-0.2, -0.15) is 13.2 Å². The molecule has 1 fully saturated rings. The van der Waals surface area contributed by atoms with Gasteiger partial charge in [0.2, 0.25) is 0 Å². The number of carbonyl (C=O) groups is 1. The molecular weight excluding hydrogens is 289 g/mol. The van der Waals surface area contributed by atoms with E-state index in [0.717, 1.165) is 31.3 Å². The molecule has 118 valence electrons. The van der Waals surface area contributed by atoms with Crippen LogP contribution < -0.4 is 10.2 Å². The lowest BCUT2D eigenvalue weighted by atomic mass is 10.2. The van der Waals surface area contributed by atoms with E-state index in [0.29, 0.717) is 6.04 Å². The van der Waals surface area contributed by atoms with E-state index >= 15 is 0 Å². The van der Waals surface area contributed by atoms with Crippen molar-refractivity contribution in [1.29, 1.82) is 0 Å². The molecule has 1 aromatic rings. The normalized spacial score (nSPS) is 18.7. The average Bonchev–Trinajstić information content (AvgIpc) is 2.39. The molecular formula is C12H17F3N4O2. The van der Waals surface area contributed by atoms with Crippen molar-refractivity contribution in [2.75, 3.05) is 24.5 Å². The summed E-state index contributed by atoms with van der Waals surface area (Å²) >= 11 is 0. The fourth-order valence-electron chi connectivity index (χ4n) is 1.79. The van der Waals surface area contributed by atoms with Crippen molar-refractivity contribution in [3.05, 3.63) is 18.1 Å². The summed E-state index contributed by atoms with van der Waals surface area (Å²) in [5.41, 5.74) is 0. The Balaban J connectivity index is 0.000000270. The number of aryl methyl sites for hydroxylation is 1. The lowest BCUT2D eigenvalue weighted by Gasteiger charge is -2.34. The molecule has 0 radical (unpaired) electrons. The smallest absolute Gasteiger partial charge is 0.475 e. The molecule has 2 heterocycles. The summed E-state index contributed by atoms with van der Waals surface area (Å²) in [7, 11) is 0. The second kappa shape index (κ2) is 7.21. The van der Waals surface area contributed by atoms with Crippen molar-refractivity contribution in [3.8, 4) is 0 Å². The summed E-state index contributed by atoms with van der Waals surface area (Å²) in [6, 6.07) is 2.49. The maximum atomic E-state index is 10.6. The molecule has 9 heteroatoms. The zero-order chi connectivity index (χ0) is 16.0. The summed E-state index contributed by atoms with van der Waals surface area (Å²) in [6.07, 6.45) is -3.26. The molecule has 0 bridgehead atoms. The van der Waals surface area contributed by atoms with Gasteiger partial charge in [-0.25, -0.2) is 14.8 Å². The van der Waals surface area contributed by atoms with Crippen LogP contribution in [0.15, 0.2) is 12.3 Å². The SMILES string of the molecule is Cc1nccc(N2CCNCC2C)n1.O=C(O)C(F)(F)F. The molecule has 0 aliphatic carbocycles. The first-order chi connectivity index (χ1) is 9.71. The maximum Gasteiger partial charge on any atom is 0.490 e. The lowest BCUT2D eigenvalue weighted by molar-refractivity contribution is -0.192. The standard InChI is InChI=1S/C10H16N4.C2HF3O2/c1-8-7-11-5-6-14(8)10-3-4-12-9(2)13-10;3-2(4,5)1(6)7/h3-4,8,11H,5-7H2,1-2H3;(H,6,7). The molecule has 6 nitrogen and oxygen atoms in total. The number of alkyl halides is 3. The highest BCUT2D eigenvalue weighted by Gasteiger charge is 2.38. The highest BCUT2D eigenvalue weighted by atomic mass is 19.4. The number of anilines is 1. The number of piperazine rings is 1. The van der Waals surface area contributed by atoms with Crippen molar-refractivity contribution in [2.24, 2.45) is 0 Å². The number of nitrogens with one attached hydrogen (secondary N) is 1. The van der Waals surface area contributed by atoms with Crippen molar-refractivity contribution in [3.63, 3.8) is 0 Å². The van der Waals surface area contributed by atoms with E-state index in [1.165, 1.54) is 0 Å². The maximum absolute atomic E-state index is 10.6. The number of carboxylic acid groups (broad SMARTS) is 1. The van der Waals surface area contributed by atoms with Crippen molar-refractivity contribution in [1.82, 2.24) is 15.3 Å². The predicted octanol–water partition coefficient (Wildman–Crippen LogP) is 1.22. The third-order valence-electron chi connectivity index (χ3n) is 2.80. The van der Waals surface area contributed by atoms with Crippen LogP contribution in [0.1, 0.15) is 12.7 Å². The minimum Gasteiger partial charge on any atom is -0.475 e. The van der Waals surface area contributed by atoms with Crippen LogP contribution in [0.25, 0.3) is 0 Å². The van der Waals surface area contributed by atoms with E-state index in [1.807, 2.05) is 19.2 Å². The van der Waals surface area contributed by atoms with Crippen LogP contribution in [0.2, 0.25) is 0 Å². The molecule has 1 unspecified atom stereocenters. The fourth-order valence-corrected chi connectivity index (χ4v) is 1.79. The minimum atomic E-state index is -5.08. The van der Waals surface area contributed by atoms with Gasteiger partial charge in [-0.3, -0.25) is 0 Å². The molecule has 0 aromatic carbocycles. The second-order valence-corrected chi connectivity index (χ2v) is 4.51. The molecule has 0 spiro atoms. The number of aromatic nitrogens is 2. The summed E-state index contributed by atoms with van der Waals surface area (Å²) in [5.74, 6) is -0.868. The van der Waals surface area contributed by atoms with Crippen LogP contribution >= 0.6 is 0 Å². The summed E-state index contributed by atoms with van der Waals surface area (Å²) in [5, 5.41) is 10.5. The van der Waals surface area contributed by atoms with Crippen molar-refractivity contribution >= 4 is 11.8 Å². The zero-order valence-electron chi connectivity index (χ0n) is 11.7. The third kappa shape index (κ3) is 5.54. The topological polar surface area (TPSA) is 78.4 Å². The third-order valence-corrected chi connectivity index (χ3v) is 2.80. The Morgan fingerprint density at radius 2 is 2.14 bits per heavy atom. The predicted molar refractivity (Wildman–Crippen MR) is 70.1 cm³/mol. The van der Waals surface area contributed by atoms with Crippen LogP contribution in [0.4, 0.5) is 19.0 Å². The number of hydrogen-bond donors (Lipinski definition) is 2. The minimum absolute atomic E-state index is 0.512. The van der Waals surface area contributed by atoms with Crippen LogP contribution in [0.3, 0.4) is 0 Å². The lowest BCUT2D eigenvalue weighted by Crippen LogP contribution is -2.50. The number of carboxylic acids is 1. The molecule has 1 atom stereocenters. The molecule has 2 N–H and O–H groups in total. The van der Waals surface area contributed by atoms with Gasteiger partial charge in [0.05, 0.1) is 0 Å². The van der Waals surface area contributed by atoms with E-state index in [2.05, 4.69) is 27.1 Å². The van der Waals surface area contributed by atoms with Crippen LogP contribution in [-0.4, -0.2) is 52.9 Å². The Hall–Kier alpha value is -1.90. The summed E-state index contributed by atoms with van der Waals surface area (Å²) < 4.78 is 31.7. The Bertz CT molecular complexity index is 482. The number of halogens is 3. The van der Waals surface area contributed by atoms with Gasteiger partial charge in [0.25, 0.3) is 0 Å². The van der Waals surface area contributed by atoms with Gasteiger partial charge in [-0.05, 0) is 19.9 Å². The Labute approximate surface area is 120 Å². The molecule has 2 rings (SSSR count). The first-order valence-corrected chi connectivity index (χ1v) is 6.29. The number of nitrogens with zero attached hydrogens (tertiary/aromatic N) is 3. The van der Waals surface area contributed by atoms with E-state index in [9.17, 15) is 13.2 Å². The average molecular weight is 306 g/mol. The van der Waals surface area contributed by atoms with E-state index in [-0.39, 0.29) is 0 Å². The molecule has 1 aliphatic rings. The van der Waals surface area contributed by atoms with Gasteiger partial charge in [0.1, 0.15) is 11.6 Å². The Morgan fingerprint density at radius 3 is 2.62 bits per heavy atom. The van der Waals surface area contributed by atoms with E-state index in [1.54, 1.807) is 0 Å². The molecule has 1 saturated heterocycles. The highest BCUT2D eigenvalue weighted by Crippen LogP contribution is 2.14. The van der Waals surface area contributed by atoms with Crippen molar-refractivity contribution < 1.29 is 23.1 Å². The van der Waals surface area contributed by atoms with Gasteiger partial charge in [0, 0.05) is 31.9 Å². The summed E-state index contributed by atoms with van der Waals surface area (Å²) in [4.78, 5) is 19.8. The quantitative estimate of drug-likeness (QED) is 0.812. The monoisotopic (exact) mass is 306 g/mol. The van der Waals surface area contributed by atoms with Crippen LogP contribution in [0, 0.1) is 6.92 Å². The molecule has 21 heavy (non-hydrogen) atoms. The largest absolute Gasteiger partial charge is 0.490 e. The molecule has 1 aliphatic heterocycles. The first-order valence-electron chi connectivity index (χ1n) is 6.29. The number of rotatable bonds is 1. The number of hydrogen-bond acceptors (Lipinski definition) is 5. The van der Waals surface area contributed by atoms with Crippen molar-refractivity contribution in [2.45, 2.75) is 26.1 Å². The molecule has 0 saturated carbocycles. The van der Waals surface area contributed by atoms with Gasteiger partial charge in [-0.15, -0.1) is 0 Å². The van der Waals surface area contributed by atoms with Gasteiger partial charge < -0.3 is 15.3 Å². The van der Waals surface area contributed by atoms with Crippen LogP contribution in [-0.2, 0) is 4.79 Å². The van der Waals surface area contributed by atoms with Gasteiger partial charge in [0.15, 0.2) is 0 Å². The van der Waals surface area contributed by atoms with E-state index in [4.69, 9.17) is 9.90 Å². The fraction of sp³-hybridized carbons (Fsp3) is 0.583. The highest BCUT2D eigenvalue weighted by molar-refractivity contribution is 5.73. The number of aliphatic carboxylic acids is 1. The van der Waals surface area contributed by atoms with Crippen LogP contribution in [0.5, 0.6) is 0 Å². The Kier molecular flexibility index (Phi) is 5.89. The van der Waals surface area contributed by atoms with Gasteiger partial charge in [-0.1, -0.05) is 0 Å². The summed E-state index contributed by atoms with van der Waals surface area (Å²) in [6.45, 7) is 7.23. The van der Waals surface area contributed by atoms with Gasteiger partial charge >= 0.3 is 12.1 Å². The first kappa shape index (κ1) is 17.2. The zero-order valence-corrected chi connectivity index (χ0v) is 11.7. The second-order valence-electron chi connectivity index (χ2n) is 4.51.